The van der Waals surface area contributed by atoms with E-state index >= 15 is 0 Å². The lowest BCUT2D eigenvalue weighted by atomic mass is 9.95. The SMILES string of the molecule is c1ccc2c(c1)ccc1c3ccc(-n4c5ccccc5c5cc(-c6ccc7c8ccccc8n(-c8ccc9c(ccc%10c%11ccccc%11ccc9%10)c8)c7c6)ccc54)cc3ccc21.c1ccc2c(c1)ccc1c3ccccc3c(-n3c4ccccc4c4cc(-c5ccc6c7ccccc7n(-c7cc8c9ccccc9ccc8c8ccccc78)c6c5)ccc43)cc21. The fourth-order valence-electron chi connectivity index (χ4n) is 21.6. The second kappa shape index (κ2) is 26.5. The summed E-state index contributed by atoms with van der Waals surface area (Å²) in [7, 11) is 0. The minimum atomic E-state index is 1.16. The molecule has 0 N–H and O–H groups in total. The first-order chi connectivity index (χ1) is 61.5. The van der Waals surface area contributed by atoms with Crippen molar-refractivity contribution in [1.29, 1.82) is 0 Å². The Hall–Kier alpha value is -16.4. The van der Waals surface area contributed by atoms with Crippen LogP contribution in [0.25, 0.3) is 261 Å². The number of aromatic nitrogens is 4. The molecule has 572 valence electrons. The van der Waals surface area contributed by atoms with Crippen molar-refractivity contribution in [2.75, 3.05) is 0 Å². The van der Waals surface area contributed by atoms with E-state index in [9.17, 15) is 0 Å². The Labute approximate surface area is 711 Å². The lowest BCUT2D eigenvalue weighted by Gasteiger charge is -2.16. The predicted octanol–water partition coefficient (Wildman–Crippen LogP) is 32.9. The molecular weight excluding hydrogens is 1500 g/mol. The van der Waals surface area contributed by atoms with Crippen molar-refractivity contribution < 1.29 is 0 Å². The maximum absolute atomic E-state index is 2.51. The molecule has 0 saturated carbocycles. The highest BCUT2D eigenvalue weighted by Crippen LogP contribution is 2.47. The van der Waals surface area contributed by atoms with E-state index in [-0.39, 0.29) is 0 Å². The van der Waals surface area contributed by atoms with Crippen LogP contribution in [0.15, 0.2) is 437 Å². The number of benzene rings is 24. The van der Waals surface area contributed by atoms with Crippen LogP contribution in [0.5, 0.6) is 0 Å². The van der Waals surface area contributed by atoms with Crippen LogP contribution in [0.2, 0.25) is 0 Å². The Morgan fingerprint density at radius 3 is 0.734 bits per heavy atom. The molecule has 28 aromatic rings. The minimum absolute atomic E-state index is 1.16. The van der Waals surface area contributed by atoms with Gasteiger partial charge in [-0.1, -0.05) is 340 Å². The summed E-state index contributed by atoms with van der Waals surface area (Å²) in [6, 6.07) is 162. The van der Waals surface area contributed by atoms with Crippen molar-refractivity contribution >= 4 is 216 Å². The molecule has 28 rings (SSSR count). The Balaban J connectivity index is 0.000000130. The van der Waals surface area contributed by atoms with E-state index in [1.54, 1.807) is 0 Å². The van der Waals surface area contributed by atoms with Crippen molar-refractivity contribution in [3.63, 3.8) is 0 Å². The molecule has 0 atom stereocenters. The van der Waals surface area contributed by atoms with Gasteiger partial charge in [-0.2, -0.15) is 0 Å². The van der Waals surface area contributed by atoms with Crippen LogP contribution in [0.4, 0.5) is 0 Å². The molecule has 0 radical (unpaired) electrons. The van der Waals surface area contributed by atoms with E-state index in [0.717, 1.165) is 5.69 Å². The smallest absolute Gasteiger partial charge is 0.0547 e. The quantitative estimate of drug-likeness (QED) is 0.148. The van der Waals surface area contributed by atoms with Gasteiger partial charge in [0.1, 0.15) is 0 Å². The summed E-state index contributed by atoms with van der Waals surface area (Å²) in [5.41, 5.74) is 19.1. The Morgan fingerprint density at radius 2 is 0.331 bits per heavy atom. The third-order valence-electron chi connectivity index (χ3n) is 27.3. The van der Waals surface area contributed by atoms with Crippen LogP contribution < -0.4 is 0 Å². The van der Waals surface area contributed by atoms with Gasteiger partial charge in [-0.05, 0) is 238 Å². The average molecular weight is 1570 g/mol. The zero-order chi connectivity index (χ0) is 80.9. The van der Waals surface area contributed by atoms with Crippen LogP contribution in [0.3, 0.4) is 0 Å². The van der Waals surface area contributed by atoms with E-state index in [1.807, 2.05) is 0 Å². The summed E-state index contributed by atoms with van der Waals surface area (Å²) < 4.78 is 9.89. The summed E-state index contributed by atoms with van der Waals surface area (Å²) in [6.07, 6.45) is 0. The van der Waals surface area contributed by atoms with Gasteiger partial charge in [0.25, 0.3) is 0 Å². The third kappa shape index (κ3) is 10.1. The fraction of sp³-hybridized carbons (Fsp3) is 0. The second-order valence-electron chi connectivity index (χ2n) is 33.7. The van der Waals surface area contributed by atoms with Gasteiger partial charge in [0.05, 0.1) is 55.5 Å². The van der Waals surface area contributed by atoms with Crippen molar-refractivity contribution in [1.82, 2.24) is 18.3 Å². The molecule has 4 heteroatoms. The summed E-state index contributed by atoms with van der Waals surface area (Å²) in [5, 5.41) is 40.5. The first-order valence-electron chi connectivity index (χ1n) is 43.0. The zero-order valence-corrected chi connectivity index (χ0v) is 67.4. The minimum Gasteiger partial charge on any atom is -0.309 e. The van der Waals surface area contributed by atoms with Crippen molar-refractivity contribution in [2.24, 2.45) is 0 Å². The van der Waals surface area contributed by atoms with Gasteiger partial charge in [0.2, 0.25) is 0 Å². The molecule has 4 nitrogen and oxygen atoms in total. The molecule has 24 aromatic carbocycles. The van der Waals surface area contributed by atoms with E-state index in [0.29, 0.717) is 0 Å². The van der Waals surface area contributed by atoms with E-state index in [4.69, 9.17) is 0 Å². The second-order valence-corrected chi connectivity index (χ2v) is 33.7. The van der Waals surface area contributed by atoms with E-state index < -0.39 is 0 Å². The highest BCUT2D eigenvalue weighted by Gasteiger charge is 2.24. The van der Waals surface area contributed by atoms with Gasteiger partial charge in [-0.3, -0.25) is 0 Å². The first kappa shape index (κ1) is 68.5. The Kier molecular flexibility index (Phi) is 14.7. The zero-order valence-electron chi connectivity index (χ0n) is 67.4. The van der Waals surface area contributed by atoms with Gasteiger partial charge in [0.15, 0.2) is 0 Å². The van der Waals surface area contributed by atoms with Gasteiger partial charge in [-0.15, -0.1) is 0 Å². The number of nitrogens with zero attached hydrogens (tertiary/aromatic N) is 4. The number of rotatable bonds is 6. The maximum Gasteiger partial charge on any atom is 0.0547 e. The van der Waals surface area contributed by atoms with Crippen molar-refractivity contribution in [2.45, 2.75) is 0 Å². The molecule has 4 aromatic heterocycles. The molecule has 0 bridgehead atoms. The molecule has 0 amide bonds. The van der Waals surface area contributed by atoms with Crippen LogP contribution in [-0.4, -0.2) is 18.3 Å². The Morgan fingerprint density at radius 1 is 0.105 bits per heavy atom. The predicted molar refractivity (Wildman–Crippen MR) is 531 cm³/mol. The van der Waals surface area contributed by atoms with Crippen LogP contribution >= 0.6 is 0 Å². The van der Waals surface area contributed by atoms with Gasteiger partial charge >= 0.3 is 0 Å². The maximum atomic E-state index is 2.51. The molecule has 0 fully saturated rings. The molecule has 0 unspecified atom stereocenters. The van der Waals surface area contributed by atoms with Crippen molar-refractivity contribution in [3.8, 4) is 45.0 Å². The summed E-state index contributed by atoms with van der Waals surface area (Å²) in [6.45, 7) is 0. The largest absolute Gasteiger partial charge is 0.309 e. The number of hydrogen-bond donors (Lipinski definition) is 0. The van der Waals surface area contributed by atoms with Gasteiger partial charge in [-0.25, -0.2) is 0 Å². The van der Waals surface area contributed by atoms with Crippen molar-refractivity contribution in [3.05, 3.63) is 437 Å². The molecule has 0 aliphatic rings. The number of para-hydroxylation sites is 4. The van der Waals surface area contributed by atoms with Crippen LogP contribution in [-0.2, 0) is 0 Å². The Bertz CT molecular complexity index is 9540. The lowest BCUT2D eigenvalue weighted by molar-refractivity contribution is 1.18. The molecule has 4 heterocycles. The molecule has 124 heavy (non-hydrogen) atoms. The number of fused-ring (bicyclic) bond motifs is 32. The van der Waals surface area contributed by atoms with E-state index in [1.165, 1.54) is 256 Å². The van der Waals surface area contributed by atoms with Crippen LogP contribution in [0, 0.1) is 0 Å². The molecule has 0 saturated heterocycles. The van der Waals surface area contributed by atoms with Gasteiger partial charge in [0, 0.05) is 65.2 Å². The average Bonchev–Trinajstić information content (AvgIpc) is 1.51. The van der Waals surface area contributed by atoms with Crippen LogP contribution in [0.1, 0.15) is 0 Å². The summed E-state index contributed by atoms with van der Waals surface area (Å²) in [4.78, 5) is 0. The fourth-order valence-corrected chi connectivity index (χ4v) is 21.6. The lowest BCUT2D eigenvalue weighted by Crippen LogP contribution is -1.97. The van der Waals surface area contributed by atoms with Gasteiger partial charge < -0.3 is 18.3 Å². The third-order valence-corrected chi connectivity index (χ3v) is 27.3. The highest BCUT2D eigenvalue weighted by molar-refractivity contribution is 6.26. The molecular formula is C120H72N4. The first-order valence-corrected chi connectivity index (χ1v) is 43.0. The molecule has 0 aliphatic heterocycles. The summed E-state index contributed by atoms with van der Waals surface area (Å²) >= 11 is 0. The molecule has 0 aliphatic carbocycles. The monoisotopic (exact) mass is 1570 g/mol. The normalized spacial score (nSPS) is 12.2. The van der Waals surface area contributed by atoms with E-state index in [2.05, 4.69) is 455 Å². The highest BCUT2D eigenvalue weighted by atomic mass is 15.0. The standard InChI is InChI=1S/2C60H36N2/c1-3-15-41-37(13-1)25-29-45-43-17-5-7-19-47(43)59(35-52(41)45)61-56-24-12-10-22-50(56)54-33-39(28-32-57(54)61)40-27-31-51-49-21-9-11-23-55(49)62(58(51)34-40)60-36-53-42-16-4-2-14-38(42)26-30-46(53)44-18-6-8-20-48(44)60;1-3-11-45-37(9-1)17-25-51-47-30-23-43(33-41(47)20-27-49(45)51)61-58-16-8-6-14-54(58)56-35-39(22-32-59(56)61)40-19-29-55-53-13-5-7-15-57(53)62(60(55)36-40)44-24-31-48-42(34-44)21-28-50-46-12-4-2-10-38(46)18-26-52(48)50/h2*1-36H. The topological polar surface area (TPSA) is 19.7 Å². The summed E-state index contributed by atoms with van der Waals surface area (Å²) in [5.74, 6) is 0. The number of hydrogen-bond acceptors (Lipinski definition) is 0. The molecule has 0 spiro atoms.